The molecule has 1 atom stereocenters. The molecular formula is C15H20IN3O2. The SMILES string of the molecule is O=[N+]([O-])c1cc(I)ccc1N(CC1CCCCN1)C1CC1. The van der Waals surface area contributed by atoms with Crippen molar-refractivity contribution in [1.29, 1.82) is 0 Å². The molecule has 3 rings (SSSR count). The average molecular weight is 401 g/mol. The third-order valence-electron chi connectivity index (χ3n) is 4.26. The number of hydrogen-bond acceptors (Lipinski definition) is 4. The van der Waals surface area contributed by atoms with Gasteiger partial charge in [0.05, 0.1) is 4.92 Å². The lowest BCUT2D eigenvalue weighted by Crippen LogP contribution is -2.44. The third kappa shape index (κ3) is 3.66. The van der Waals surface area contributed by atoms with Gasteiger partial charge in [-0.05, 0) is 67.0 Å². The maximum Gasteiger partial charge on any atom is 0.293 e. The van der Waals surface area contributed by atoms with E-state index in [1.807, 2.05) is 12.1 Å². The Balaban J connectivity index is 1.85. The average Bonchev–Trinajstić information content (AvgIpc) is 3.31. The second-order valence-corrected chi connectivity index (χ2v) is 7.17. The lowest BCUT2D eigenvalue weighted by atomic mass is 10.0. The molecule has 1 aromatic rings. The Labute approximate surface area is 138 Å². The van der Waals surface area contributed by atoms with Gasteiger partial charge < -0.3 is 10.2 Å². The number of rotatable bonds is 5. The lowest BCUT2D eigenvalue weighted by molar-refractivity contribution is -0.384. The summed E-state index contributed by atoms with van der Waals surface area (Å²) >= 11 is 2.13. The van der Waals surface area contributed by atoms with Gasteiger partial charge in [0.25, 0.3) is 5.69 Å². The van der Waals surface area contributed by atoms with E-state index in [4.69, 9.17) is 0 Å². The van der Waals surface area contributed by atoms with Gasteiger partial charge in [-0.1, -0.05) is 6.42 Å². The molecule has 1 heterocycles. The van der Waals surface area contributed by atoms with E-state index in [0.717, 1.165) is 35.2 Å². The van der Waals surface area contributed by atoms with Crippen molar-refractivity contribution < 1.29 is 4.92 Å². The highest BCUT2D eigenvalue weighted by Crippen LogP contribution is 2.38. The standard InChI is InChI=1S/C15H20IN3O2/c16-11-4-7-14(15(9-11)19(20)21)18(13-5-6-13)10-12-3-1-2-8-17-12/h4,7,9,12-13,17H,1-3,5-6,8,10H2. The summed E-state index contributed by atoms with van der Waals surface area (Å²) in [4.78, 5) is 13.4. The van der Waals surface area contributed by atoms with Gasteiger partial charge in [-0.25, -0.2) is 0 Å². The first-order valence-corrected chi connectivity index (χ1v) is 8.67. The van der Waals surface area contributed by atoms with Crippen LogP contribution >= 0.6 is 22.6 Å². The highest BCUT2D eigenvalue weighted by atomic mass is 127. The van der Waals surface area contributed by atoms with Crippen LogP contribution in [0.15, 0.2) is 18.2 Å². The zero-order valence-corrected chi connectivity index (χ0v) is 14.1. The van der Waals surface area contributed by atoms with Gasteiger partial charge in [-0.3, -0.25) is 10.1 Å². The normalized spacial score (nSPS) is 22.0. The molecule has 21 heavy (non-hydrogen) atoms. The molecule has 2 aliphatic rings. The van der Waals surface area contributed by atoms with Crippen molar-refractivity contribution in [2.45, 2.75) is 44.2 Å². The summed E-state index contributed by atoms with van der Waals surface area (Å²) in [5.41, 5.74) is 1.03. The van der Waals surface area contributed by atoms with Crippen LogP contribution in [0.2, 0.25) is 0 Å². The van der Waals surface area contributed by atoms with Crippen molar-refractivity contribution in [3.8, 4) is 0 Å². The molecule has 1 N–H and O–H groups in total. The molecule has 114 valence electrons. The van der Waals surface area contributed by atoms with Gasteiger partial charge in [0.1, 0.15) is 5.69 Å². The van der Waals surface area contributed by atoms with Gasteiger partial charge in [0, 0.05) is 28.3 Å². The van der Waals surface area contributed by atoms with Crippen molar-refractivity contribution in [2.24, 2.45) is 0 Å². The summed E-state index contributed by atoms with van der Waals surface area (Å²) in [6, 6.07) is 6.50. The molecule has 1 saturated heterocycles. The molecule has 0 amide bonds. The van der Waals surface area contributed by atoms with Crippen LogP contribution in [0.25, 0.3) is 0 Å². The monoisotopic (exact) mass is 401 g/mol. The van der Waals surface area contributed by atoms with Crippen LogP contribution in [0.5, 0.6) is 0 Å². The second kappa shape index (κ2) is 6.48. The fourth-order valence-corrected chi connectivity index (χ4v) is 3.51. The Morgan fingerprint density at radius 3 is 2.76 bits per heavy atom. The molecule has 6 heteroatoms. The minimum Gasteiger partial charge on any atom is -0.361 e. The number of hydrogen-bond donors (Lipinski definition) is 1. The summed E-state index contributed by atoms with van der Waals surface area (Å²) in [5, 5.41) is 14.9. The van der Waals surface area contributed by atoms with Gasteiger partial charge >= 0.3 is 0 Å². The maximum atomic E-state index is 11.4. The zero-order valence-electron chi connectivity index (χ0n) is 11.9. The fraction of sp³-hybridized carbons (Fsp3) is 0.600. The van der Waals surface area contributed by atoms with Crippen molar-refractivity contribution in [3.05, 3.63) is 31.9 Å². The molecule has 1 unspecified atom stereocenters. The van der Waals surface area contributed by atoms with E-state index < -0.39 is 0 Å². The number of nitrogens with zero attached hydrogens (tertiary/aromatic N) is 2. The molecule has 0 aromatic heterocycles. The van der Waals surface area contributed by atoms with Crippen molar-refractivity contribution >= 4 is 34.0 Å². The smallest absolute Gasteiger partial charge is 0.293 e. The van der Waals surface area contributed by atoms with E-state index >= 15 is 0 Å². The van der Waals surface area contributed by atoms with Crippen LogP contribution in [-0.4, -0.2) is 30.1 Å². The number of anilines is 1. The van der Waals surface area contributed by atoms with E-state index in [9.17, 15) is 10.1 Å². The van der Waals surface area contributed by atoms with E-state index in [2.05, 4.69) is 32.8 Å². The zero-order chi connectivity index (χ0) is 14.8. The summed E-state index contributed by atoms with van der Waals surface area (Å²) in [6.07, 6.45) is 5.96. The first kappa shape index (κ1) is 15.0. The van der Waals surface area contributed by atoms with E-state index in [-0.39, 0.29) is 10.6 Å². The Hall–Kier alpha value is -0.890. The largest absolute Gasteiger partial charge is 0.361 e. The van der Waals surface area contributed by atoms with Gasteiger partial charge in [-0.15, -0.1) is 0 Å². The Morgan fingerprint density at radius 2 is 2.14 bits per heavy atom. The quantitative estimate of drug-likeness (QED) is 0.467. The number of halogens is 1. The van der Waals surface area contributed by atoms with Crippen molar-refractivity contribution in [2.75, 3.05) is 18.0 Å². The Morgan fingerprint density at radius 1 is 1.33 bits per heavy atom. The van der Waals surface area contributed by atoms with E-state index in [1.54, 1.807) is 6.07 Å². The molecular weight excluding hydrogens is 381 g/mol. The summed E-state index contributed by atoms with van der Waals surface area (Å²) in [5.74, 6) is 0. The maximum absolute atomic E-state index is 11.4. The van der Waals surface area contributed by atoms with Crippen LogP contribution in [-0.2, 0) is 0 Å². The van der Waals surface area contributed by atoms with Gasteiger partial charge in [0.2, 0.25) is 0 Å². The molecule has 2 fully saturated rings. The highest BCUT2D eigenvalue weighted by molar-refractivity contribution is 14.1. The predicted molar refractivity (Wildman–Crippen MR) is 91.8 cm³/mol. The molecule has 1 aliphatic carbocycles. The van der Waals surface area contributed by atoms with Crippen molar-refractivity contribution in [1.82, 2.24) is 5.32 Å². The van der Waals surface area contributed by atoms with Crippen LogP contribution < -0.4 is 10.2 Å². The van der Waals surface area contributed by atoms with Gasteiger partial charge in [-0.2, -0.15) is 0 Å². The Bertz CT molecular complexity index is 528. The number of benzene rings is 1. The molecule has 0 bridgehead atoms. The topological polar surface area (TPSA) is 58.4 Å². The van der Waals surface area contributed by atoms with E-state index in [1.165, 1.54) is 19.3 Å². The van der Waals surface area contributed by atoms with Crippen LogP contribution in [0.1, 0.15) is 32.1 Å². The molecule has 5 nitrogen and oxygen atoms in total. The summed E-state index contributed by atoms with van der Waals surface area (Å²) in [7, 11) is 0. The summed E-state index contributed by atoms with van der Waals surface area (Å²) < 4.78 is 0.912. The molecule has 1 aliphatic heterocycles. The minimum absolute atomic E-state index is 0.240. The van der Waals surface area contributed by atoms with Crippen LogP contribution in [0.3, 0.4) is 0 Å². The molecule has 1 saturated carbocycles. The minimum atomic E-state index is -0.249. The third-order valence-corrected chi connectivity index (χ3v) is 4.93. The molecule has 0 spiro atoms. The molecule has 0 radical (unpaired) electrons. The summed E-state index contributed by atoms with van der Waals surface area (Å²) in [6.45, 7) is 1.95. The van der Waals surface area contributed by atoms with Crippen LogP contribution in [0.4, 0.5) is 11.4 Å². The predicted octanol–water partition coefficient (Wildman–Crippen LogP) is 3.31. The lowest BCUT2D eigenvalue weighted by Gasteiger charge is -2.32. The van der Waals surface area contributed by atoms with Crippen LogP contribution in [0, 0.1) is 13.7 Å². The van der Waals surface area contributed by atoms with E-state index in [0.29, 0.717) is 12.1 Å². The van der Waals surface area contributed by atoms with Crippen molar-refractivity contribution in [3.63, 3.8) is 0 Å². The fourth-order valence-electron chi connectivity index (χ4n) is 3.03. The first-order valence-electron chi connectivity index (χ1n) is 7.59. The highest BCUT2D eigenvalue weighted by Gasteiger charge is 2.34. The number of piperidine rings is 1. The number of nitrogens with one attached hydrogen (secondary N) is 1. The first-order chi connectivity index (χ1) is 10.1. The molecule has 1 aromatic carbocycles. The van der Waals surface area contributed by atoms with Gasteiger partial charge in [0.15, 0.2) is 0 Å². The Kier molecular flexibility index (Phi) is 4.63. The second-order valence-electron chi connectivity index (χ2n) is 5.92. The number of nitro groups is 1. The number of nitro benzene ring substituents is 1.